The molecule has 5 heteroatoms. The van der Waals surface area contributed by atoms with Crippen LogP contribution in [0.4, 0.5) is 0 Å². The Balaban J connectivity index is 2.52. The van der Waals surface area contributed by atoms with E-state index in [1.54, 1.807) is 13.0 Å². The Hall–Kier alpha value is -1.78. The summed E-state index contributed by atoms with van der Waals surface area (Å²) in [4.78, 5) is 22.5. The highest BCUT2D eigenvalue weighted by Crippen LogP contribution is 2.09. The first-order chi connectivity index (χ1) is 8.06. The molecule has 1 aromatic heterocycles. The van der Waals surface area contributed by atoms with E-state index in [0.29, 0.717) is 6.42 Å². The molecule has 2 N–H and O–H groups in total. The largest absolute Gasteiger partial charge is 0.481 e. The van der Waals surface area contributed by atoms with Gasteiger partial charge in [-0.3, -0.25) is 9.59 Å². The SMILES string of the molecule is CCCC(CNC(=O)c1occc1C)C(=O)O. The minimum atomic E-state index is -0.886. The standard InChI is InChI=1S/C12H17NO4/c1-3-4-9(12(15)16)7-13-11(14)10-8(2)5-6-17-10/h5-6,9H,3-4,7H2,1-2H3,(H,13,14)(H,15,16). The van der Waals surface area contributed by atoms with E-state index in [2.05, 4.69) is 5.32 Å². The number of amides is 1. The van der Waals surface area contributed by atoms with E-state index in [9.17, 15) is 9.59 Å². The predicted octanol–water partition coefficient (Wildman–Crippen LogP) is 1.82. The van der Waals surface area contributed by atoms with Gasteiger partial charge in [0.2, 0.25) is 0 Å². The van der Waals surface area contributed by atoms with Gasteiger partial charge in [0.25, 0.3) is 5.91 Å². The summed E-state index contributed by atoms with van der Waals surface area (Å²) in [6, 6.07) is 1.69. The van der Waals surface area contributed by atoms with Crippen LogP contribution in [-0.4, -0.2) is 23.5 Å². The van der Waals surface area contributed by atoms with Gasteiger partial charge < -0.3 is 14.8 Å². The van der Waals surface area contributed by atoms with Crippen molar-refractivity contribution in [2.45, 2.75) is 26.7 Å². The maximum Gasteiger partial charge on any atom is 0.308 e. The maximum atomic E-state index is 11.7. The quantitative estimate of drug-likeness (QED) is 0.793. The summed E-state index contributed by atoms with van der Waals surface area (Å²) >= 11 is 0. The van der Waals surface area contributed by atoms with Crippen LogP contribution in [0.15, 0.2) is 16.7 Å². The van der Waals surface area contributed by atoms with Crippen molar-refractivity contribution in [1.29, 1.82) is 0 Å². The van der Waals surface area contributed by atoms with Gasteiger partial charge in [0.15, 0.2) is 5.76 Å². The number of carbonyl (C=O) groups is 2. The van der Waals surface area contributed by atoms with E-state index in [0.717, 1.165) is 12.0 Å². The van der Waals surface area contributed by atoms with Crippen LogP contribution in [0.3, 0.4) is 0 Å². The first kappa shape index (κ1) is 13.3. The Kier molecular flexibility index (Phi) is 4.75. The Bertz CT molecular complexity index is 397. The number of carbonyl (C=O) groups excluding carboxylic acids is 1. The van der Waals surface area contributed by atoms with Crippen LogP contribution in [0, 0.1) is 12.8 Å². The lowest BCUT2D eigenvalue weighted by molar-refractivity contribution is -0.141. The van der Waals surface area contributed by atoms with Crippen molar-refractivity contribution < 1.29 is 19.1 Å². The number of rotatable bonds is 6. The number of carboxylic acids is 1. The molecule has 1 unspecified atom stereocenters. The third kappa shape index (κ3) is 3.62. The fourth-order valence-corrected chi connectivity index (χ4v) is 1.56. The van der Waals surface area contributed by atoms with Crippen LogP contribution < -0.4 is 5.32 Å². The zero-order chi connectivity index (χ0) is 12.8. The zero-order valence-electron chi connectivity index (χ0n) is 10.0. The summed E-state index contributed by atoms with van der Waals surface area (Å²) in [6.07, 6.45) is 2.75. The number of hydrogen-bond donors (Lipinski definition) is 2. The van der Waals surface area contributed by atoms with Crippen molar-refractivity contribution >= 4 is 11.9 Å². The first-order valence-electron chi connectivity index (χ1n) is 5.61. The van der Waals surface area contributed by atoms with Gasteiger partial charge in [-0.05, 0) is 19.4 Å². The fraction of sp³-hybridized carbons (Fsp3) is 0.500. The molecule has 1 amide bonds. The van der Waals surface area contributed by atoms with E-state index in [4.69, 9.17) is 9.52 Å². The van der Waals surface area contributed by atoms with Gasteiger partial charge in [-0.25, -0.2) is 0 Å². The van der Waals surface area contributed by atoms with Crippen LogP contribution in [0.2, 0.25) is 0 Å². The van der Waals surface area contributed by atoms with E-state index in [1.807, 2.05) is 6.92 Å². The lowest BCUT2D eigenvalue weighted by Crippen LogP contribution is -2.33. The van der Waals surface area contributed by atoms with E-state index >= 15 is 0 Å². The summed E-state index contributed by atoms with van der Waals surface area (Å²) in [5.74, 6) is -1.55. The number of aryl methyl sites for hydroxylation is 1. The molecular weight excluding hydrogens is 222 g/mol. The van der Waals surface area contributed by atoms with Crippen molar-refractivity contribution in [2.75, 3.05) is 6.54 Å². The van der Waals surface area contributed by atoms with Crippen molar-refractivity contribution in [3.05, 3.63) is 23.7 Å². The van der Waals surface area contributed by atoms with Crippen LogP contribution in [0.25, 0.3) is 0 Å². The van der Waals surface area contributed by atoms with Gasteiger partial charge in [-0.1, -0.05) is 13.3 Å². The first-order valence-corrected chi connectivity index (χ1v) is 5.61. The monoisotopic (exact) mass is 239 g/mol. The van der Waals surface area contributed by atoms with Gasteiger partial charge in [0, 0.05) is 12.1 Å². The molecular formula is C12H17NO4. The minimum Gasteiger partial charge on any atom is -0.481 e. The molecule has 0 aliphatic rings. The molecule has 1 atom stereocenters. The van der Waals surface area contributed by atoms with Crippen molar-refractivity contribution in [3.63, 3.8) is 0 Å². The molecule has 1 heterocycles. The van der Waals surface area contributed by atoms with Crippen molar-refractivity contribution in [1.82, 2.24) is 5.32 Å². The third-order valence-electron chi connectivity index (χ3n) is 2.56. The van der Waals surface area contributed by atoms with Gasteiger partial charge in [0.1, 0.15) is 0 Å². The highest BCUT2D eigenvalue weighted by Gasteiger charge is 2.19. The smallest absolute Gasteiger partial charge is 0.308 e. The second kappa shape index (κ2) is 6.08. The normalized spacial score (nSPS) is 12.1. The molecule has 1 aromatic rings. The molecule has 0 aromatic carbocycles. The Morgan fingerprint density at radius 3 is 2.71 bits per heavy atom. The highest BCUT2D eigenvalue weighted by molar-refractivity contribution is 5.93. The lowest BCUT2D eigenvalue weighted by Gasteiger charge is -2.11. The molecule has 0 aliphatic heterocycles. The summed E-state index contributed by atoms with van der Waals surface area (Å²) in [6.45, 7) is 3.80. The van der Waals surface area contributed by atoms with E-state index < -0.39 is 11.9 Å². The number of hydrogen-bond acceptors (Lipinski definition) is 3. The number of furan rings is 1. The lowest BCUT2D eigenvalue weighted by atomic mass is 10.0. The van der Waals surface area contributed by atoms with Gasteiger partial charge in [-0.15, -0.1) is 0 Å². The minimum absolute atomic E-state index is 0.127. The zero-order valence-corrected chi connectivity index (χ0v) is 10.0. The molecule has 94 valence electrons. The Morgan fingerprint density at radius 1 is 1.53 bits per heavy atom. The van der Waals surface area contributed by atoms with E-state index in [-0.39, 0.29) is 18.2 Å². The topological polar surface area (TPSA) is 79.5 Å². The number of aliphatic carboxylic acids is 1. The van der Waals surface area contributed by atoms with Crippen LogP contribution in [-0.2, 0) is 4.79 Å². The molecule has 17 heavy (non-hydrogen) atoms. The Labute approximate surface area is 99.8 Å². The molecule has 0 saturated heterocycles. The van der Waals surface area contributed by atoms with Crippen LogP contribution >= 0.6 is 0 Å². The average molecular weight is 239 g/mol. The molecule has 0 radical (unpaired) electrons. The molecule has 0 aliphatic carbocycles. The van der Waals surface area contributed by atoms with Gasteiger partial charge in [-0.2, -0.15) is 0 Å². The fourth-order valence-electron chi connectivity index (χ4n) is 1.56. The summed E-state index contributed by atoms with van der Waals surface area (Å²) in [7, 11) is 0. The molecule has 0 saturated carbocycles. The second-order valence-corrected chi connectivity index (χ2v) is 3.97. The highest BCUT2D eigenvalue weighted by atomic mass is 16.4. The average Bonchev–Trinajstić information content (AvgIpc) is 2.69. The number of carboxylic acid groups (broad SMARTS) is 1. The predicted molar refractivity (Wildman–Crippen MR) is 61.8 cm³/mol. The number of nitrogens with one attached hydrogen (secondary N) is 1. The second-order valence-electron chi connectivity index (χ2n) is 3.97. The van der Waals surface area contributed by atoms with Gasteiger partial charge in [0.05, 0.1) is 12.2 Å². The molecule has 1 rings (SSSR count). The van der Waals surface area contributed by atoms with Crippen molar-refractivity contribution in [3.8, 4) is 0 Å². The summed E-state index contributed by atoms with van der Waals surface area (Å²) in [5, 5.41) is 11.5. The van der Waals surface area contributed by atoms with E-state index in [1.165, 1.54) is 6.26 Å². The van der Waals surface area contributed by atoms with Crippen LogP contribution in [0.1, 0.15) is 35.9 Å². The summed E-state index contributed by atoms with van der Waals surface area (Å²) < 4.78 is 5.02. The van der Waals surface area contributed by atoms with Gasteiger partial charge >= 0.3 is 5.97 Å². The van der Waals surface area contributed by atoms with Crippen LogP contribution in [0.5, 0.6) is 0 Å². The molecule has 0 spiro atoms. The third-order valence-corrected chi connectivity index (χ3v) is 2.56. The van der Waals surface area contributed by atoms with Crippen molar-refractivity contribution in [2.24, 2.45) is 5.92 Å². The molecule has 5 nitrogen and oxygen atoms in total. The Morgan fingerprint density at radius 2 is 2.24 bits per heavy atom. The maximum absolute atomic E-state index is 11.7. The molecule has 0 fully saturated rings. The summed E-state index contributed by atoms with van der Waals surface area (Å²) in [5.41, 5.74) is 0.741. The molecule has 0 bridgehead atoms.